The number of aromatic nitrogens is 3. The first kappa shape index (κ1) is 44.1. The molecular weight excluding hydrogens is 848 g/mol. The Bertz CT molecular complexity index is 3630. The van der Waals surface area contributed by atoms with E-state index in [1.165, 1.54) is 71.8 Å². The van der Waals surface area contributed by atoms with E-state index in [0.717, 1.165) is 44.2 Å². The fourth-order valence-electron chi connectivity index (χ4n) is 11.0. The average Bonchev–Trinajstić information content (AvgIpc) is 3.38. The third kappa shape index (κ3) is 8.24. The number of benzene rings is 10. The second-order valence-electron chi connectivity index (χ2n) is 18.7. The molecule has 0 bridgehead atoms. The van der Waals surface area contributed by atoms with Gasteiger partial charge in [-0.05, 0) is 86.7 Å². The Morgan fingerprint density at radius 1 is 0.343 bits per heavy atom. The van der Waals surface area contributed by atoms with Crippen LogP contribution in [0.2, 0.25) is 0 Å². The molecule has 0 saturated heterocycles. The minimum Gasteiger partial charge on any atom is -0.278 e. The molecule has 0 radical (unpaired) electrons. The number of aryl methyl sites for hydroxylation is 6. The van der Waals surface area contributed by atoms with Gasteiger partial charge in [-0.3, -0.25) is 4.90 Å². The SMILES string of the molecule is Cc1cc(C)c(B(c2c(C)cc(C)cc2C)c2ccc(N(c3nc(-c4ccccc4)nc(-c4ccc(-c5ccccc5-c5ccccc5)cc4)n3)c3cccc4ccccc34)c3ccccc23)c(C)c1. The molecule has 5 heteroatoms. The lowest BCUT2D eigenvalue weighted by Crippen LogP contribution is -2.56. The maximum absolute atomic E-state index is 5.48. The minimum absolute atomic E-state index is 0.0118. The normalized spacial score (nSPS) is 11.3. The van der Waals surface area contributed by atoms with E-state index in [9.17, 15) is 0 Å². The number of rotatable bonds is 10. The van der Waals surface area contributed by atoms with Crippen molar-refractivity contribution < 1.29 is 0 Å². The van der Waals surface area contributed by atoms with Crippen LogP contribution >= 0.6 is 0 Å². The van der Waals surface area contributed by atoms with Crippen LogP contribution in [-0.2, 0) is 0 Å². The van der Waals surface area contributed by atoms with E-state index in [4.69, 9.17) is 15.0 Å². The molecule has 11 aromatic rings. The van der Waals surface area contributed by atoms with Crippen LogP contribution in [0.15, 0.2) is 212 Å². The zero-order chi connectivity index (χ0) is 47.9. The summed E-state index contributed by atoms with van der Waals surface area (Å²) in [6, 6.07) is 76.1. The molecule has 0 atom stereocenters. The van der Waals surface area contributed by atoms with Gasteiger partial charge in [0.2, 0.25) is 12.7 Å². The first-order chi connectivity index (χ1) is 34.2. The molecule has 0 N–H and O–H groups in total. The van der Waals surface area contributed by atoms with Crippen LogP contribution in [0.5, 0.6) is 0 Å². The summed E-state index contributed by atoms with van der Waals surface area (Å²) in [5.74, 6) is 1.72. The van der Waals surface area contributed by atoms with Crippen LogP contribution in [0.4, 0.5) is 17.3 Å². The van der Waals surface area contributed by atoms with Crippen LogP contribution in [0.1, 0.15) is 33.4 Å². The lowest BCUT2D eigenvalue weighted by Gasteiger charge is -2.29. The number of fused-ring (bicyclic) bond motifs is 2. The predicted molar refractivity (Wildman–Crippen MR) is 297 cm³/mol. The first-order valence-corrected chi connectivity index (χ1v) is 24.2. The molecule has 70 heavy (non-hydrogen) atoms. The van der Waals surface area contributed by atoms with Gasteiger partial charge >= 0.3 is 0 Å². The molecule has 0 aliphatic rings. The molecule has 11 rings (SSSR count). The topological polar surface area (TPSA) is 41.9 Å². The van der Waals surface area contributed by atoms with Crippen molar-refractivity contribution in [1.29, 1.82) is 0 Å². The summed E-state index contributed by atoms with van der Waals surface area (Å²) in [6.07, 6.45) is 0. The first-order valence-electron chi connectivity index (χ1n) is 24.2. The van der Waals surface area contributed by atoms with Gasteiger partial charge in [-0.25, -0.2) is 4.98 Å². The summed E-state index contributed by atoms with van der Waals surface area (Å²) in [5, 5.41) is 4.51. The summed E-state index contributed by atoms with van der Waals surface area (Å²) in [4.78, 5) is 18.4. The van der Waals surface area contributed by atoms with Crippen molar-refractivity contribution in [3.8, 4) is 45.0 Å². The molecular formula is C65H53BN4. The Balaban J connectivity index is 1.14. The molecule has 0 spiro atoms. The van der Waals surface area contributed by atoms with E-state index in [0.29, 0.717) is 17.6 Å². The second-order valence-corrected chi connectivity index (χ2v) is 18.7. The third-order valence-corrected chi connectivity index (χ3v) is 13.9. The predicted octanol–water partition coefficient (Wildman–Crippen LogP) is 14.7. The van der Waals surface area contributed by atoms with Crippen LogP contribution in [0.3, 0.4) is 0 Å². The Morgan fingerprint density at radius 2 is 0.771 bits per heavy atom. The Labute approximate surface area is 412 Å². The lowest BCUT2D eigenvalue weighted by atomic mass is 9.33. The fourth-order valence-corrected chi connectivity index (χ4v) is 11.0. The number of hydrogen-bond donors (Lipinski definition) is 0. The van der Waals surface area contributed by atoms with Gasteiger partial charge in [0.1, 0.15) is 0 Å². The van der Waals surface area contributed by atoms with Crippen molar-refractivity contribution in [1.82, 2.24) is 15.0 Å². The van der Waals surface area contributed by atoms with Crippen molar-refractivity contribution in [2.24, 2.45) is 0 Å². The van der Waals surface area contributed by atoms with Gasteiger partial charge in [-0.15, -0.1) is 0 Å². The van der Waals surface area contributed by atoms with Gasteiger partial charge in [0.05, 0.1) is 11.4 Å². The molecule has 336 valence electrons. The van der Waals surface area contributed by atoms with Crippen molar-refractivity contribution in [3.05, 3.63) is 246 Å². The maximum Gasteiger partial charge on any atom is 0.243 e. The zero-order valence-corrected chi connectivity index (χ0v) is 40.6. The Kier molecular flexibility index (Phi) is 11.7. The molecule has 0 amide bonds. The maximum atomic E-state index is 5.48. The standard InChI is InChI=1S/C65H53BN4/c1-42-38-44(3)61(45(4)39-42)66(62-46(5)40-43(2)41-47(62)6)58-36-37-60(57-30-18-17-29-56(57)58)70(59-31-19-25-49-22-13-14-28-55(49)59)65-68-63(51-23-11-8-12-24-51)67-64(69-65)52-34-32-50(33-35-52)54-27-16-15-26-53(54)48-20-9-7-10-21-48/h7-41H,1-6H3. The molecule has 0 fully saturated rings. The molecule has 0 unspecified atom stereocenters. The highest BCUT2D eigenvalue weighted by molar-refractivity contribution is 6.98. The van der Waals surface area contributed by atoms with E-state index in [1.54, 1.807) is 0 Å². The molecule has 10 aromatic carbocycles. The van der Waals surface area contributed by atoms with Gasteiger partial charge in [0.25, 0.3) is 0 Å². The minimum atomic E-state index is -0.0118. The monoisotopic (exact) mass is 900 g/mol. The van der Waals surface area contributed by atoms with Gasteiger partial charge in [0.15, 0.2) is 11.6 Å². The van der Waals surface area contributed by atoms with Gasteiger partial charge in [0, 0.05) is 21.9 Å². The molecule has 0 saturated carbocycles. The smallest absolute Gasteiger partial charge is 0.243 e. The van der Waals surface area contributed by atoms with Crippen molar-refractivity contribution in [3.63, 3.8) is 0 Å². The lowest BCUT2D eigenvalue weighted by molar-refractivity contribution is 1.03. The van der Waals surface area contributed by atoms with E-state index < -0.39 is 0 Å². The highest BCUT2D eigenvalue weighted by Gasteiger charge is 2.32. The second kappa shape index (κ2) is 18.6. The highest BCUT2D eigenvalue weighted by atomic mass is 15.3. The summed E-state index contributed by atoms with van der Waals surface area (Å²) >= 11 is 0. The zero-order valence-electron chi connectivity index (χ0n) is 40.6. The van der Waals surface area contributed by atoms with E-state index in [1.807, 2.05) is 18.2 Å². The number of nitrogens with zero attached hydrogens (tertiary/aromatic N) is 4. The van der Waals surface area contributed by atoms with Gasteiger partial charge in [-0.2, -0.15) is 9.97 Å². The largest absolute Gasteiger partial charge is 0.278 e. The number of hydrogen-bond acceptors (Lipinski definition) is 4. The van der Waals surface area contributed by atoms with Crippen LogP contribution < -0.4 is 21.3 Å². The average molecular weight is 901 g/mol. The van der Waals surface area contributed by atoms with E-state index >= 15 is 0 Å². The van der Waals surface area contributed by atoms with Crippen molar-refractivity contribution in [2.45, 2.75) is 41.5 Å². The summed E-state index contributed by atoms with van der Waals surface area (Å²) < 4.78 is 0. The van der Waals surface area contributed by atoms with Gasteiger partial charge in [-0.1, -0.05) is 250 Å². The molecule has 0 aliphatic carbocycles. The quantitative estimate of drug-likeness (QED) is 0.128. The Morgan fingerprint density at radius 3 is 1.36 bits per heavy atom. The van der Waals surface area contributed by atoms with Crippen LogP contribution in [0.25, 0.3) is 66.6 Å². The fraction of sp³-hybridized carbons (Fsp3) is 0.0923. The molecule has 1 aromatic heterocycles. The Hall–Kier alpha value is -8.41. The molecule has 4 nitrogen and oxygen atoms in total. The summed E-state index contributed by atoms with van der Waals surface area (Å²) in [7, 11) is 0. The third-order valence-electron chi connectivity index (χ3n) is 13.9. The summed E-state index contributed by atoms with van der Waals surface area (Å²) in [5.41, 5.74) is 20.1. The van der Waals surface area contributed by atoms with Crippen LogP contribution in [0, 0.1) is 41.5 Å². The molecule has 1 heterocycles. The highest BCUT2D eigenvalue weighted by Crippen LogP contribution is 2.42. The van der Waals surface area contributed by atoms with Crippen molar-refractivity contribution in [2.75, 3.05) is 4.90 Å². The van der Waals surface area contributed by atoms with Crippen LogP contribution in [-0.4, -0.2) is 21.7 Å². The van der Waals surface area contributed by atoms with E-state index in [2.05, 4.69) is 241 Å². The van der Waals surface area contributed by atoms with Crippen molar-refractivity contribution >= 4 is 62.0 Å². The number of anilines is 3. The molecule has 0 aliphatic heterocycles. The van der Waals surface area contributed by atoms with E-state index in [-0.39, 0.29) is 6.71 Å². The van der Waals surface area contributed by atoms with Gasteiger partial charge < -0.3 is 0 Å². The summed E-state index contributed by atoms with van der Waals surface area (Å²) in [6.45, 7) is 13.5.